The van der Waals surface area contributed by atoms with Crippen molar-refractivity contribution in [1.82, 2.24) is 0 Å². The quantitative estimate of drug-likeness (QED) is 0.424. The normalized spacial score (nSPS) is 20.8. The summed E-state index contributed by atoms with van der Waals surface area (Å²) < 4.78 is 27.4. The maximum Gasteiger partial charge on any atom is 0.303 e. The van der Waals surface area contributed by atoms with Crippen molar-refractivity contribution in [3.05, 3.63) is 69.3 Å². The zero-order valence-electron chi connectivity index (χ0n) is 19.8. The first-order valence-electron chi connectivity index (χ1n) is 11.0. The minimum atomic E-state index is -1.46. The van der Waals surface area contributed by atoms with Crippen molar-refractivity contribution in [2.45, 2.75) is 65.0 Å². The standard InChI is InChI=1S/C25H26O10/c1-13(26)31-21-20-19(30)12-18(11-10-17-8-6-5-7-9-17)35-22(20)24(33-15(3)28)25(34-16(4)29)23(21)32-14(2)27/h5-9,12,21,23-25H,10-11H2,1-4H3/t21-,23+,24+,25+/m0/s1. The van der Waals surface area contributed by atoms with E-state index in [1.165, 1.54) is 6.07 Å². The Morgan fingerprint density at radius 2 is 1.26 bits per heavy atom. The van der Waals surface area contributed by atoms with Gasteiger partial charge in [-0.05, 0) is 12.0 Å². The number of benzene rings is 1. The predicted octanol–water partition coefficient (Wildman–Crippen LogP) is 2.51. The molecule has 0 bridgehead atoms. The Labute approximate surface area is 201 Å². The molecule has 0 saturated carbocycles. The van der Waals surface area contributed by atoms with Gasteiger partial charge in [0.25, 0.3) is 0 Å². The molecule has 1 aromatic heterocycles. The lowest BCUT2D eigenvalue weighted by Gasteiger charge is -2.39. The molecule has 2 aromatic rings. The van der Waals surface area contributed by atoms with Gasteiger partial charge in [0.15, 0.2) is 29.5 Å². The van der Waals surface area contributed by atoms with E-state index in [0.717, 1.165) is 33.3 Å². The molecule has 1 aliphatic rings. The first-order valence-corrected chi connectivity index (χ1v) is 11.0. The van der Waals surface area contributed by atoms with Crippen LogP contribution in [-0.4, -0.2) is 36.1 Å². The van der Waals surface area contributed by atoms with Gasteiger partial charge in [0.05, 0.1) is 5.56 Å². The topological polar surface area (TPSA) is 135 Å². The van der Waals surface area contributed by atoms with E-state index in [1.807, 2.05) is 30.3 Å². The molecule has 1 heterocycles. The monoisotopic (exact) mass is 486 g/mol. The van der Waals surface area contributed by atoms with Crippen LogP contribution < -0.4 is 5.43 Å². The molecule has 0 spiro atoms. The summed E-state index contributed by atoms with van der Waals surface area (Å²) in [4.78, 5) is 60.8. The second-order valence-corrected chi connectivity index (χ2v) is 8.05. The van der Waals surface area contributed by atoms with E-state index in [4.69, 9.17) is 23.4 Å². The lowest BCUT2D eigenvalue weighted by Crippen LogP contribution is -2.50. The van der Waals surface area contributed by atoms with E-state index in [2.05, 4.69) is 0 Å². The minimum Gasteiger partial charge on any atom is -0.461 e. The molecule has 0 amide bonds. The molecule has 0 fully saturated rings. The van der Waals surface area contributed by atoms with Crippen molar-refractivity contribution in [3.8, 4) is 0 Å². The number of carbonyl (C=O) groups is 4. The van der Waals surface area contributed by atoms with E-state index < -0.39 is 53.7 Å². The van der Waals surface area contributed by atoms with Crippen molar-refractivity contribution >= 4 is 23.9 Å². The summed E-state index contributed by atoms with van der Waals surface area (Å²) in [6.45, 7) is 4.44. The zero-order chi connectivity index (χ0) is 25.7. The summed E-state index contributed by atoms with van der Waals surface area (Å²) >= 11 is 0. The van der Waals surface area contributed by atoms with Crippen LogP contribution in [0.4, 0.5) is 0 Å². The number of ether oxygens (including phenoxy) is 4. The number of hydrogen-bond donors (Lipinski definition) is 0. The van der Waals surface area contributed by atoms with Gasteiger partial charge in [-0.25, -0.2) is 0 Å². The summed E-state index contributed by atoms with van der Waals surface area (Å²) in [5.74, 6) is -2.98. The molecule has 186 valence electrons. The first kappa shape index (κ1) is 25.7. The summed E-state index contributed by atoms with van der Waals surface area (Å²) in [5.41, 5.74) is 0.274. The Kier molecular flexibility index (Phi) is 8.06. The number of esters is 4. The fraction of sp³-hybridized carbons (Fsp3) is 0.400. The minimum absolute atomic E-state index is 0.142. The van der Waals surface area contributed by atoms with Crippen LogP contribution >= 0.6 is 0 Å². The third-order valence-corrected chi connectivity index (χ3v) is 5.22. The molecule has 0 aliphatic heterocycles. The zero-order valence-corrected chi connectivity index (χ0v) is 19.8. The fourth-order valence-electron chi connectivity index (χ4n) is 4.00. The van der Waals surface area contributed by atoms with Gasteiger partial charge in [-0.3, -0.25) is 24.0 Å². The number of aryl methyl sites for hydroxylation is 2. The van der Waals surface area contributed by atoms with Gasteiger partial charge in [-0.1, -0.05) is 30.3 Å². The van der Waals surface area contributed by atoms with Gasteiger partial charge in [-0.2, -0.15) is 0 Å². The molecule has 1 aromatic carbocycles. The summed E-state index contributed by atoms with van der Waals surface area (Å²) in [6, 6.07) is 10.8. The molecule has 1 aliphatic carbocycles. The number of rotatable bonds is 7. The molecule has 0 unspecified atom stereocenters. The molecule has 0 radical (unpaired) electrons. The highest BCUT2D eigenvalue weighted by Gasteiger charge is 2.53. The Morgan fingerprint density at radius 3 is 1.80 bits per heavy atom. The molecule has 0 N–H and O–H groups in total. The van der Waals surface area contributed by atoms with Crippen molar-refractivity contribution < 1.29 is 42.5 Å². The molecule has 3 rings (SSSR count). The fourth-order valence-corrected chi connectivity index (χ4v) is 4.00. The Balaban J connectivity index is 2.15. The summed E-state index contributed by atoms with van der Waals surface area (Å²) in [7, 11) is 0. The Morgan fingerprint density at radius 1 is 0.743 bits per heavy atom. The third-order valence-electron chi connectivity index (χ3n) is 5.22. The van der Waals surface area contributed by atoms with Crippen LogP contribution in [0.1, 0.15) is 62.6 Å². The van der Waals surface area contributed by atoms with E-state index in [-0.39, 0.29) is 17.1 Å². The largest absolute Gasteiger partial charge is 0.461 e. The summed E-state index contributed by atoms with van der Waals surface area (Å²) in [6.07, 6.45) is -4.89. The predicted molar refractivity (Wildman–Crippen MR) is 119 cm³/mol. The van der Waals surface area contributed by atoms with Crippen LogP contribution in [0, 0.1) is 0 Å². The van der Waals surface area contributed by atoms with Crippen LogP contribution in [0.2, 0.25) is 0 Å². The lowest BCUT2D eigenvalue weighted by molar-refractivity contribution is -0.207. The maximum atomic E-state index is 13.2. The van der Waals surface area contributed by atoms with E-state index in [9.17, 15) is 24.0 Å². The maximum absolute atomic E-state index is 13.2. The van der Waals surface area contributed by atoms with Crippen LogP contribution in [0.25, 0.3) is 0 Å². The Hall–Kier alpha value is -3.95. The van der Waals surface area contributed by atoms with Crippen LogP contribution in [0.15, 0.2) is 45.6 Å². The molecule has 0 saturated heterocycles. The molecule has 4 atom stereocenters. The number of fused-ring (bicyclic) bond motifs is 1. The van der Waals surface area contributed by atoms with Crippen molar-refractivity contribution in [3.63, 3.8) is 0 Å². The highest BCUT2D eigenvalue weighted by molar-refractivity contribution is 5.70. The molecule has 35 heavy (non-hydrogen) atoms. The van der Waals surface area contributed by atoms with E-state index in [0.29, 0.717) is 12.8 Å². The Bertz CT molecular complexity index is 1170. The van der Waals surface area contributed by atoms with Gasteiger partial charge in [0.2, 0.25) is 6.10 Å². The van der Waals surface area contributed by atoms with Gasteiger partial charge >= 0.3 is 23.9 Å². The molecule has 10 nitrogen and oxygen atoms in total. The van der Waals surface area contributed by atoms with Crippen LogP contribution in [-0.2, 0) is 51.0 Å². The van der Waals surface area contributed by atoms with E-state index in [1.54, 1.807) is 0 Å². The average molecular weight is 486 g/mol. The molecule has 10 heteroatoms. The lowest BCUT2D eigenvalue weighted by atomic mass is 9.86. The highest BCUT2D eigenvalue weighted by atomic mass is 16.6. The van der Waals surface area contributed by atoms with Gasteiger partial charge < -0.3 is 23.4 Å². The van der Waals surface area contributed by atoms with Crippen LogP contribution in [0.5, 0.6) is 0 Å². The van der Waals surface area contributed by atoms with Crippen LogP contribution in [0.3, 0.4) is 0 Å². The first-order chi connectivity index (χ1) is 16.6. The SMILES string of the molecule is CC(=O)O[C@@H]1[C@H](OC(C)=O)[C@@H](OC(C)=O)c2c(oc(CCc3ccccc3)cc2=O)[C@H]1OC(C)=O. The average Bonchev–Trinajstić information content (AvgIpc) is 2.76. The molecular weight excluding hydrogens is 460 g/mol. The third kappa shape index (κ3) is 6.34. The van der Waals surface area contributed by atoms with Gasteiger partial charge in [0.1, 0.15) is 5.76 Å². The second-order valence-electron chi connectivity index (χ2n) is 8.05. The van der Waals surface area contributed by atoms with Crippen molar-refractivity contribution in [1.29, 1.82) is 0 Å². The van der Waals surface area contributed by atoms with Crippen molar-refractivity contribution in [2.24, 2.45) is 0 Å². The molecular formula is C25H26O10. The smallest absolute Gasteiger partial charge is 0.303 e. The highest BCUT2D eigenvalue weighted by Crippen LogP contribution is 2.43. The van der Waals surface area contributed by atoms with Gasteiger partial charge in [-0.15, -0.1) is 0 Å². The number of carbonyl (C=O) groups excluding carboxylic acids is 4. The van der Waals surface area contributed by atoms with Crippen molar-refractivity contribution in [2.75, 3.05) is 0 Å². The second kappa shape index (κ2) is 11.0. The number of hydrogen-bond acceptors (Lipinski definition) is 10. The van der Waals surface area contributed by atoms with Gasteiger partial charge in [0, 0.05) is 40.2 Å². The van der Waals surface area contributed by atoms with E-state index >= 15 is 0 Å². The summed E-state index contributed by atoms with van der Waals surface area (Å²) in [5, 5.41) is 0.